The van der Waals surface area contributed by atoms with Crippen LogP contribution >= 0.6 is 23.1 Å². The second-order valence-electron chi connectivity index (χ2n) is 6.23. The molecule has 1 aromatic heterocycles. The van der Waals surface area contributed by atoms with E-state index in [1.165, 1.54) is 28.7 Å². The summed E-state index contributed by atoms with van der Waals surface area (Å²) < 4.78 is 0.773. The second-order valence-corrected chi connectivity index (χ2v) is 8.79. The molecule has 5 nitrogen and oxygen atoms in total. The van der Waals surface area contributed by atoms with Gasteiger partial charge in [0.1, 0.15) is 0 Å². The van der Waals surface area contributed by atoms with Crippen LogP contribution in [0, 0.1) is 13.8 Å². The van der Waals surface area contributed by atoms with Crippen LogP contribution in [0.5, 0.6) is 0 Å². The third-order valence-electron chi connectivity index (χ3n) is 4.07. The van der Waals surface area contributed by atoms with Gasteiger partial charge in [0.25, 0.3) is 0 Å². The van der Waals surface area contributed by atoms with Crippen LogP contribution in [0.2, 0.25) is 0 Å². The number of carbonyl (C=O) groups excluding carboxylic acids is 1. The van der Waals surface area contributed by atoms with E-state index in [0.717, 1.165) is 26.3 Å². The van der Waals surface area contributed by atoms with E-state index in [9.17, 15) is 4.79 Å². The van der Waals surface area contributed by atoms with E-state index in [0.29, 0.717) is 6.54 Å². The highest BCUT2D eigenvalue weighted by atomic mass is 32.2. The number of carbonyl (C=O) groups is 1. The van der Waals surface area contributed by atoms with E-state index in [-0.39, 0.29) is 11.2 Å². The molecule has 1 amide bonds. The summed E-state index contributed by atoms with van der Waals surface area (Å²) in [5, 5.41) is 15.1. The van der Waals surface area contributed by atoms with Crippen molar-refractivity contribution in [2.24, 2.45) is 0 Å². The SMILES string of the molecule is Cc1cccc(C)c1NC(=O)C(C)Sc1nnc(NCc2ccccc2)s1. The van der Waals surface area contributed by atoms with Gasteiger partial charge in [0.15, 0.2) is 4.34 Å². The van der Waals surface area contributed by atoms with Gasteiger partial charge in [-0.05, 0) is 37.5 Å². The van der Waals surface area contributed by atoms with Gasteiger partial charge >= 0.3 is 0 Å². The first kappa shape index (κ1) is 19.4. The van der Waals surface area contributed by atoms with Crippen LogP contribution < -0.4 is 10.6 Å². The molecule has 0 radical (unpaired) electrons. The summed E-state index contributed by atoms with van der Waals surface area (Å²) in [6, 6.07) is 16.1. The molecule has 0 bridgehead atoms. The number of para-hydroxylation sites is 1. The lowest BCUT2D eigenvalue weighted by atomic mass is 10.1. The van der Waals surface area contributed by atoms with Gasteiger partial charge < -0.3 is 10.6 Å². The fourth-order valence-electron chi connectivity index (χ4n) is 2.54. The zero-order chi connectivity index (χ0) is 19.2. The lowest BCUT2D eigenvalue weighted by Gasteiger charge is -2.14. The number of hydrogen-bond acceptors (Lipinski definition) is 6. The van der Waals surface area contributed by atoms with Crippen LogP contribution in [0.3, 0.4) is 0 Å². The Morgan fingerprint density at radius 2 is 1.78 bits per heavy atom. The Hall–Kier alpha value is -2.38. The smallest absolute Gasteiger partial charge is 0.237 e. The minimum Gasteiger partial charge on any atom is -0.356 e. The zero-order valence-corrected chi connectivity index (χ0v) is 17.2. The number of amides is 1. The molecule has 1 atom stereocenters. The molecule has 0 saturated heterocycles. The summed E-state index contributed by atoms with van der Waals surface area (Å²) in [6.07, 6.45) is 0. The number of aryl methyl sites for hydroxylation is 2. The standard InChI is InChI=1S/C20H22N4OS2/c1-13-8-7-9-14(2)17(13)22-18(25)15(3)26-20-24-23-19(27-20)21-12-16-10-5-4-6-11-16/h4-11,15H,12H2,1-3H3,(H,21,23)(H,22,25). The van der Waals surface area contributed by atoms with E-state index < -0.39 is 0 Å². The monoisotopic (exact) mass is 398 g/mol. The highest BCUT2D eigenvalue weighted by molar-refractivity contribution is 8.02. The summed E-state index contributed by atoms with van der Waals surface area (Å²) in [6.45, 7) is 6.57. The van der Waals surface area contributed by atoms with Crippen molar-refractivity contribution in [2.45, 2.75) is 36.9 Å². The number of anilines is 2. The van der Waals surface area contributed by atoms with Crippen molar-refractivity contribution < 1.29 is 4.79 Å². The molecule has 27 heavy (non-hydrogen) atoms. The van der Waals surface area contributed by atoms with Gasteiger partial charge in [-0.2, -0.15) is 0 Å². The molecule has 3 aromatic rings. The molecule has 2 aromatic carbocycles. The zero-order valence-electron chi connectivity index (χ0n) is 15.5. The van der Waals surface area contributed by atoms with Crippen molar-refractivity contribution in [3.8, 4) is 0 Å². The Balaban J connectivity index is 1.55. The van der Waals surface area contributed by atoms with Crippen LogP contribution in [0.4, 0.5) is 10.8 Å². The number of nitrogens with zero attached hydrogens (tertiary/aromatic N) is 2. The Kier molecular flexibility index (Phi) is 6.47. The number of thioether (sulfide) groups is 1. The first-order chi connectivity index (χ1) is 13.0. The molecule has 0 spiro atoms. The van der Waals surface area contributed by atoms with E-state index in [2.05, 4.69) is 33.0 Å². The average Bonchev–Trinajstić information content (AvgIpc) is 3.11. The minimum atomic E-state index is -0.265. The lowest BCUT2D eigenvalue weighted by molar-refractivity contribution is -0.115. The van der Waals surface area contributed by atoms with Gasteiger partial charge in [0.05, 0.1) is 5.25 Å². The first-order valence-corrected chi connectivity index (χ1v) is 10.4. The number of hydrogen-bond donors (Lipinski definition) is 2. The van der Waals surface area contributed by atoms with Crippen molar-refractivity contribution in [1.29, 1.82) is 0 Å². The summed E-state index contributed by atoms with van der Waals surface area (Å²) in [7, 11) is 0. The summed E-state index contributed by atoms with van der Waals surface area (Å²) in [4.78, 5) is 12.5. The predicted molar refractivity (Wildman–Crippen MR) is 114 cm³/mol. The lowest BCUT2D eigenvalue weighted by Crippen LogP contribution is -2.23. The predicted octanol–water partition coefficient (Wildman–Crippen LogP) is 4.89. The van der Waals surface area contributed by atoms with Crippen LogP contribution in [0.1, 0.15) is 23.6 Å². The van der Waals surface area contributed by atoms with Crippen molar-refractivity contribution in [3.63, 3.8) is 0 Å². The van der Waals surface area contributed by atoms with Crippen molar-refractivity contribution in [2.75, 3.05) is 10.6 Å². The van der Waals surface area contributed by atoms with Crippen LogP contribution in [-0.2, 0) is 11.3 Å². The number of benzene rings is 2. The molecule has 3 rings (SSSR count). The summed E-state index contributed by atoms with van der Waals surface area (Å²) in [5.74, 6) is -0.0357. The largest absolute Gasteiger partial charge is 0.356 e. The Bertz CT molecular complexity index is 891. The van der Waals surface area contributed by atoms with E-state index >= 15 is 0 Å². The van der Waals surface area contributed by atoms with Gasteiger partial charge in [-0.1, -0.05) is 71.6 Å². The number of nitrogens with one attached hydrogen (secondary N) is 2. The molecule has 140 valence electrons. The number of rotatable bonds is 7. The quantitative estimate of drug-likeness (QED) is 0.555. The fourth-order valence-corrected chi connectivity index (χ4v) is 4.44. The average molecular weight is 399 g/mol. The van der Waals surface area contributed by atoms with Crippen LogP contribution in [0.25, 0.3) is 0 Å². The molecule has 1 heterocycles. The molecule has 0 aliphatic heterocycles. The molecule has 0 aliphatic rings. The Labute approximate surface area is 167 Å². The Morgan fingerprint density at radius 1 is 1.07 bits per heavy atom. The van der Waals surface area contributed by atoms with Crippen LogP contribution in [0.15, 0.2) is 52.9 Å². The molecule has 0 saturated carbocycles. The maximum absolute atomic E-state index is 12.5. The highest BCUT2D eigenvalue weighted by Crippen LogP contribution is 2.30. The van der Waals surface area contributed by atoms with Gasteiger partial charge in [0.2, 0.25) is 11.0 Å². The molecule has 1 unspecified atom stereocenters. The normalized spacial score (nSPS) is 11.8. The third kappa shape index (κ3) is 5.30. The van der Waals surface area contributed by atoms with Gasteiger partial charge in [0, 0.05) is 12.2 Å². The van der Waals surface area contributed by atoms with Crippen molar-refractivity contribution in [1.82, 2.24) is 10.2 Å². The molecule has 7 heteroatoms. The first-order valence-electron chi connectivity index (χ1n) is 8.68. The second kappa shape index (κ2) is 9.01. The maximum Gasteiger partial charge on any atom is 0.237 e. The molecular formula is C20H22N4OS2. The van der Waals surface area contributed by atoms with Crippen molar-refractivity contribution in [3.05, 3.63) is 65.2 Å². The molecule has 0 aliphatic carbocycles. The number of aromatic nitrogens is 2. The Morgan fingerprint density at radius 3 is 2.48 bits per heavy atom. The molecule has 0 fully saturated rings. The van der Waals surface area contributed by atoms with E-state index in [1.807, 2.05) is 57.2 Å². The van der Waals surface area contributed by atoms with E-state index in [1.54, 1.807) is 0 Å². The maximum atomic E-state index is 12.5. The van der Waals surface area contributed by atoms with Gasteiger partial charge in [-0.15, -0.1) is 10.2 Å². The van der Waals surface area contributed by atoms with Gasteiger partial charge in [-0.25, -0.2) is 0 Å². The van der Waals surface area contributed by atoms with Gasteiger partial charge in [-0.3, -0.25) is 4.79 Å². The van der Waals surface area contributed by atoms with E-state index in [4.69, 9.17) is 0 Å². The summed E-state index contributed by atoms with van der Waals surface area (Å²) in [5.41, 5.74) is 4.19. The van der Waals surface area contributed by atoms with Crippen LogP contribution in [-0.4, -0.2) is 21.4 Å². The third-order valence-corrected chi connectivity index (χ3v) is 6.13. The molecular weight excluding hydrogens is 376 g/mol. The topological polar surface area (TPSA) is 66.9 Å². The summed E-state index contributed by atoms with van der Waals surface area (Å²) >= 11 is 2.88. The molecule has 2 N–H and O–H groups in total. The van der Waals surface area contributed by atoms with Crippen molar-refractivity contribution >= 4 is 39.8 Å². The highest BCUT2D eigenvalue weighted by Gasteiger charge is 2.18. The minimum absolute atomic E-state index is 0.0357. The fraction of sp³-hybridized carbons (Fsp3) is 0.250.